The van der Waals surface area contributed by atoms with Crippen molar-refractivity contribution in [2.75, 3.05) is 0 Å². The van der Waals surface area contributed by atoms with Crippen molar-refractivity contribution < 1.29 is 23.5 Å². The van der Waals surface area contributed by atoms with Crippen LogP contribution in [0.4, 0.5) is 0 Å². The van der Waals surface area contributed by atoms with Crippen LogP contribution in [0.2, 0.25) is 0 Å². The Morgan fingerprint density at radius 2 is 1.86 bits per heavy atom. The topological polar surface area (TPSA) is 78.1 Å². The summed E-state index contributed by atoms with van der Waals surface area (Å²) in [4.78, 5) is 28.9. The molecule has 0 aliphatic carbocycles. The predicted octanol–water partition coefficient (Wildman–Crippen LogP) is 5.37. The molecule has 2 heterocycles. The van der Waals surface area contributed by atoms with Crippen LogP contribution in [0.5, 0.6) is 5.75 Å². The molecule has 0 radical (unpaired) electrons. The van der Waals surface area contributed by atoms with Crippen LogP contribution in [0, 0.1) is 0 Å². The number of cyclic esters (lactones) is 1. The summed E-state index contributed by atoms with van der Waals surface area (Å²) in [6.07, 6.45) is 2.88. The highest BCUT2D eigenvalue weighted by atomic mass is 79.9. The largest absolute Gasteiger partial charge is 0.457 e. The van der Waals surface area contributed by atoms with E-state index in [4.69, 9.17) is 13.9 Å². The third-order valence-electron chi connectivity index (χ3n) is 3.89. The number of carbonyl (C=O) groups excluding carboxylic acids is 2. The van der Waals surface area contributed by atoms with Gasteiger partial charge >= 0.3 is 11.9 Å². The Kier molecular flexibility index (Phi) is 5.46. The van der Waals surface area contributed by atoms with Crippen LogP contribution in [-0.2, 0) is 9.53 Å². The van der Waals surface area contributed by atoms with Gasteiger partial charge in [-0.05, 0) is 58.4 Å². The standard InChI is InChI=1S/C21H11Br2NO5/c22-14-9-13(18(15(23)11-14)28-21(26)17-7-4-8-27-17)10-16-20(25)29-19(24-16)12-5-2-1-3-6-12/h1-11H/b16-10-. The van der Waals surface area contributed by atoms with Gasteiger partial charge in [0.05, 0.1) is 10.7 Å². The minimum absolute atomic E-state index is 0.0584. The molecule has 0 N–H and O–H groups in total. The number of hydrogen-bond acceptors (Lipinski definition) is 6. The first-order valence-corrected chi connectivity index (χ1v) is 9.92. The van der Waals surface area contributed by atoms with Crippen molar-refractivity contribution in [3.8, 4) is 5.75 Å². The number of benzene rings is 2. The van der Waals surface area contributed by atoms with E-state index >= 15 is 0 Å². The van der Waals surface area contributed by atoms with E-state index in [-0.39, 0.29) is 23.1 Å². The summed E-state index contributed by atoms with van der Waals surface area (Å²) in [6, 6.07) is 15.6. The normalized spacial score (nSPS) is 14.6. The molecule has 0 atom stereocenters. The first kappa shape index (κ1) is 19.4. The van der Waals surface area contributed by atoms with E-state index in [1.54, 1.807) is 30.3 Å². The van der Waals surface area contributed by atoms with Gasteiger partial charge in [-0.3, -0.25) is 0 Å². The average Bonchev–Trinajstić information content (AvgIpc) is 3.36. The van der Waals surface area contributed by atoms with Gasteiger partial charge < -0.3 is 13.9 Å². The molecule has 0 saturated carbocycles. The van der Waals surface area contributed by atoms with E-state index in [0.29, 0.717) is 20.1 Å². The maximum atomic E-state index is 12.3. The van der Waals surface area contributed by atoms with Gasteiger partial charge in [-0.15, -0.1) is 0 Å². The Morgan fingerprint density at radius 1 is 1.07 bits per heavy atom. The molecule has 4 rings (SSSR count). The summed E-state index contributed by atoms with van der Waals surface area (Å²) < 4.78 is 17.1. The second kappa shape index (κ2) is 8.18. The lowest BCUT2D eigenvalue weighted by Gasteiger charge is -2.10. The molecule has 0 fully saturated rings. The Hall–Kier alpha value is -2.97. The fourth-order valence-electron chi connectivity index (χ4n) is 2.59. The molecule has 0 saturated heterocycles. The number of hydrogen-bond donors (Lipinski definition) is 0. The maximum Gasteiger partial charge on any atom is 0.379 e. The lowest BCUT2D eigenvalue weighted by Crippen LogP contribution is -2.09. The van der Waals surface area contributed by atoms with E-state index in [1.807, 2.05) is 18.2 Å². The highest BCUT2D eigenvalue weighted by Gasteiger charge is 2.25. The van der Waals surface area contributed by atoms with Crippen molar-refractivity contribution in [2.24, 2.45) is 4.99 Å². The highest BCUT2D eigenvalue weighted by molar-refractivity contribution is 9.11. The lowest BCUT2D eigenvalue weighted by atomic mass is 10.1. The molecule has 6 nitrogen and oxygen atoms in total. The van der Waals surface area contributed by atoms with Gasteiger partial charge in [0.25, 0.3) is 0 Å². The van der Waals surface area contributed by atoms with E-state index in [2.05, 4.69) is 36.9 Å². The van der Waals surface area contributed by atoms with Crippen LogP contribution >= 0.6 is 31.9 Å². The molecule has 1 aliphatic heterocycles. The van der Waals surface area contributed by atoms with Gasteiger partial charge in [0.15, 0.2) is 11.4 Å². The fraction of sp³-hybridized carbons (Fsp3) is 0. The summed E-state index contributed by atoms with van der Waals surface area (Å²) in [5.41, 5.74) is 1.23. The van der Waals surface area contributed by atoms with Crippen molar-refractivity contribution in [2.45, 2.75) is 0 Å². The van der Waals surface area contributed by atoms with Crippen LogP contribution < -0.4 is 4.74 Å². The summed E-state index contributed by atoms with van der Waals surface area (Å²) in [5, 5.41) is 0. The van der Waals surface area contributed by atoms with Crippen LogP contribution in [-0.4, -0.2) is 17.8 Å². The molecule has 0 unspecified atom stereocenters. The number of carbonyl (C=O) groups is 2. The Labute approximate surface area is 182 Å². The van der Waals surface area contributed by atoms with Gasteiger partial charge in [0.1, 0.15) is 0 Å². The smallest absolute Gasteiger partial charge is 0.379 e. The number of esters is 2. The van der Waals surface area contributed by atoms with Gasteiger partial charge in [0, 0.05) is 15.6 Å². The molecule has 0 amide bonds. The summed E-state index contributed by atoms with van der Waals surface area (Å²) in [6.45, 7) is 0. The minimum atomic E-state index is -0.667. The Balaban J connectivity index is 1.72. The van der Waals surface area contributed by atoms with Crippen LogP contribution in [0.1, 0.15) is 21.7 Å². The first-order valence-electron chi connectivity index (χ1n) is 8.34. The van der Waals surface area contributed by atoms with E-state index in [9.17, 15) is 9.59 Å². The van der Waals surface area contributed by atoms with E-state index in [1.165, 1.54) is 18.4 Å². The summed E-state index contributed by atoms with van der Waals surface area (Å²) in [7, 11) is 0. The average molecular weight is 517 g/mol. The second-order valence-corrected chi connectivity index (χ2v) is 7.64. The monoisotopic (exact) mass is 515 g/mol. The summed E-state index contributed by atoms with van der Waals surface area (Å²) >= 11 is 6.78. The zero-order valence-electron chi connectivity index (χ0n) is 14.6. The van der Waals surface area contributed by atoms with Crippen molar-refractivity contribution in [1.82, 2.24) is 0 Å². The van der Waals surface area contributed by atoms with Gasteiger partial charge in [0.2, 0.25) is 11.7 Å². The molecular weight excluding hydrogens is 506 g/mol. The molecule has 0 bridgehead atoms. The Bertz CT molecular complexity index is 1150. The van der Waals surface area contributed by atoms with Gasteiger partial charge in [-0.1, -0.05) is 34.1 Å². The molecule has 29 heavy (non-hydrogen) atoms. The molecule has 1 aliphatic rings. The van der Waals surface area contributed by atoms with Crippen LogP contribution in [0.3, 0.4) is 0 Å². The SMILES string of the molecule is O=C1OC(c2ccccc2)=N/C1=C\c1cc(Br)cc(Br)c1OC(=O)c1ccco1. The van der Waals surface area contributed by atoms with Crippen molar-refractivity contribution in [3.63, 3.8) is 0 Å². The highest BCUT2D eigenvalue weighted by Crippen LogP contribution is 2.35. The van der Waals surface area contributed by atoms with E-state index < -0.39 is 11.9 Å². The third-order valence-corrected chi connectivity index (χ3v) is 4.93. The lowest BCUT2D eigenvalue weighted by molar-refractivity contribution is -0.129. The number of aliphatic imine (C=N–C) groups is 1. The van der Waals surface area contributed by atoms with Gasteiger partial charge in [-0.25, -0.2) is 14.6 Å². The fourth-order valence-corrected chi connectivity index (χ4v) is 3.93. The number of furan rings is 1. The molecule has 144 valence electrons. The maximum absolute atomic E-state index is 12.3. The molecular formula is C21H11Br2NO5. The second-order valence-electron chi connectivity index (χ2n) is 5.87. The van der Waals surface area contributed by atoms with Crippen molar-refractivity contribution >= 4 is 55.8 Å². The summed E-state index contributed by atoms with van der Waals surface area (Å²) in [5.74, 6) is -0.769. The number of ether oxygens (including phenoxy) is 2. The van der Waals surface area contributed by atoms with Crippen LogP contribution in [0.25, 0.3) is 6.08 Å². The molecule has 2 aromatic carbocycles. The zero-order valence-corrected chi connectivity index (χ0v) is 17.8. The Morgan fingerprint density at radius 3 is 2.59 bits per heavy atom. The van der Waals surface area contributed by atoms with Crippen molar-refractivity contribution in [3.05, 3.63) is 92.4 Å². The van der Waals surface area contributed by atoms with Crippen LogP contribution in [0.15, 0.2) is 84.9 Å². The quantitative estimate of drug-likeness (QED) is 0.265. The van der Waals surface area contributed by atoms with E-state index in [0.717, 1.165) is 0 Å². The third kappa shape index (κ3) is 4.23. The number of halogens is 2. The predicted molar refractivity (Wildman–Crippen MR) is 113 cm³/mol. The number of nitrogens with zero attached hydrogens (tertiary/aromatic N) is 1. The number of rotatable bonds is 4. The molecule has 8 heteroatoms. The zero-order chi connectivity index (χ0) is 20.4. The van der Waals surface area contributed by atoms with Gasteiger partial charge in [-0.2, -0.15) is 0 Å². The molecule has 0 spiro atoms. The minimum Gasteiger partial charge on any atom is -0.457 e. The first-order chi connectivity index (χ1) is 14.0. The molecule has 1 aromatic heterocycles. The van der Waals surface area contributed by atoms with Crippen molar-refractivity contribution in [1.29, 1.82) is 0 Å². The molecule has 3 aromatic rings.